The van der Waals surface area contributed by atoms with Crippen LogP contribution in [0.25, 0.3) is 0 Å². The lowest BCUT2D eigenvalue weighted by Crippen LogP contribution is -2.45. The van der Waals surface area contributed by atoms with Crippen molar-refractivity contribution in [3.8, 4) is 0 Å². The zero-order valence-corrected chi connectivity index (χ0v) is 11.0. The quantitative estimate of drug-likeness (QED) is 0.505. The average molecular weight is 265 g/mol. The highest BCUT2D eigenvalue weighted by atomic mass is 31.2. The number of piperidine rings is 1. The zero-order chi connectivity index (χ0) is 13.1. The van der Waals surface area contributed by atoms with Gasteiger partial charge in [0.15, 0.2) is 0 Å². The fourth-order valence-corrected chi connectivity index (χ4v) is 3.00. The Morgan fingerprint density at radius 3 is 2.71 bits per heavy atom. The molecule has 6 nitrogen and oxygen atoms in total. The Balaban J connectivity index is 2.49. The molecule has 1 heterocycles. The van der Waals surface area contributed by atoms with Gasteiger partial charge in [-0.25, -0.2) is 0 Å². The monoisotopic (exact) mass is 265 g/mol. The molecule has 0 aromatic carbocycles. The molecular weight excluding hydrogens is 245 g/mol. The smallest absolute Gasteiger partial charge is 0.325 e. The molecule has 0 aliphatic carbocycles. The fraction of sp³-hybridized carbons (Fsp3) is 0.900. The molecule has 17 heavy (non-hydrogen) atoms. The molecule has 1 aliphatic heterocycles. The minimum absolute atomic E-state index is 0.123. The number of hydrogen-bond donors (Lipinski definition) is 3. The number of rotatable bonds is 4. The van der Waals surface area contributed by atoms with E-state index in [4.69, 9.17) is 14.5 Å². The highest BCUT2D eigenvalue weighted by Crippen LogP contribution is 2.39. The molecular formula is C10H20NO5P. The highest BCUT2D eigenvalue weighted by Gasteiger charge is 2.31. The van der Waals surface area contributed by atoms with Crippen LogP contribution in [-0.2, 0) is 14.1 Å². The van der Waals surface area contributed by atoms with Crippen molar-refractivity contribution >= 4 is 13.6 Å². The summed E-state index contributed by atoms with van der Waals surface area (Å²) < 4.78 is 16.0. The third kappa shape index (κ3) is 5.64. The summed E-state index contributed by atoms with van der Waals surface area (Å²) in [4.78, 5) is 29.5. The van der Waals surface area contributed by atoms with E-state index < -0.39 is 13.6 Å². The summed E-state index contributed by atoms with van der Waals surface area (Å²) in [7, 11) is -4.00. The van der Waals surface area contributed by atoms with E-state index in [9.17, 15) is 9.36 Å². The van der Waals surface area contributed by atoms with Crippen LogP contribution < -0.4 is 5.32 Å². The molecule has 7 heteroatoms. The molecule has 0 aromatic heterocycles. The van der Waals surface area contributed by atoms with Gasteiger partial charge >= 0.3 is 13.6 Å². The number of nitrogens with one attached hydrogen (secondary N) is 1. The van der Waals surface area contributed by atoms with Crippen LogP contribution in [0.5, 0.6) is 0 Å². The minimum Gasteiger partial charge on any atom is -0.462 e. The van der Waals surface area contributed by atoms with Crippen LogP contribution in [0.3, 0.4) is 0 Å². The van der Waals surface area contributed by atoms with E-state index in [1.165, 1.54) is 0 Å². The molecule has 0 unspecified atom stereocenters. The van der Waals surface area contributed by atoms with Gasteiger partial charge in [-0.3, -0.25) is 9.36 Å². The van der Waals surface area contributed by atoms with Gasteiger partial charge in [0, 0.05) is 0 Å². The summed E-state index contributed by atoms with van der Waals surface area (Å²) in [6, 6.07) is -0.442. The Morgan fingerprint density at radius 1 is 1.53 bits per heavy atom. The van der Waals surface area contributed by atoms with Crippen molar-refractivity contribution in [1.82, 2.24) is 5.32 Å². The van der Waals surface area contributed by atoms with Crippen LogP contribution in [-0.4, -0.2) is 40.6 Å². The lowest BCUT2D eigenvalue weighted by Gasteiger charge is -2.29. The maximum Gasteiger partial charge on any atom is 0.325 e. The summed E-state index contributed by atoms with van der Waals surface area (Å²) in [5.74, 6) is -0.461. The maximum absolute atomic E-state index is 11.6. The van der Waals surface area contributed by atoms with E-state index in [0.29, 0.717) is 19.4 Å². The van der Waals surface area contributed by atoms with Crippen molar-refractivity contribution < 1.29 is 23.9 Å². The summed E-state index contributed by atoms with van der Waals surface area (Å²) in [5, 5.41) is 3.01. The first-order valence-electron chi connectivity index (χ1n) is 5.76. The van der Waals surface area contributed by atoms with E-state index in [1.54, 1.807) is 13.8 Å². The van der Waals surface area contributed by atoms with Crippen LogP contribution >= 0.6 is 7.60 Å². The molecule has 0 aromatic rings. The van der Waals surface area contributed by atoms with Crippen molar-refractivity contribution in [2.45, 2.75) is 38.8 Å². The third-order valence-electron chi connectivity index (χ3n) is 2.64. The summed E-state index contributed by atoms with van der Waals surface area (Å²) >= 11 is 0. The summed E-state index contributed by atoms with van der Waals surface area (Å²) in [5.41, 5.74) is 0. The van der Waals surface area contributed by atoms with Crippen LogP contribution in [0.4, 0.5) is 0 Å². The van der Waals surface area contributed by atoms with E-state index in [0.717, 1.165) is 0 Å². The number of esters is 1. The van der Waals surface area contributed by atoms with Gasteiger partial charge in [0.2, 0.25) is 0 Å². The van der Waals surface area contributed by atoms with Crippen molar-refractivity contribution in [3.05, 3.63) is 0 Å². The number of carbonyl (C=O) groups excluding carboxylic acids is 1. The molecule has 0 amide bonds. The second-order valence-electron chi connectivity index (χ2n) is 4.73. The second kappa shape index (κ2) is 5.96. The highest BCUT2D eigenvalue weighted by molar-refractivity contribution is 7.51. The predicted molar refractivity (Wildman–Crippen MR) is 62.7 cm³/mol. The number of carbonyl (C=O) groups is 1. The Morgan fingerprint density at radius 2 is 2.18 bits per heavy atom. The predicted octanol–water partition coefficient (Wildman–Crippen LogP) is 0.484. The maximum atomic E-state index is 11.6. The van der Waals surface area contributed by atoms with Crippen LogP contribution in [0.2, 0.25) is 0 Å². The average Bonchev–Trinajstić information content (AvgIpc) is 2.14. The Labute approximate surface area is 101 Å². The minimum atomic E-state index is -4.00. The van der Waals surface area contributed by atoms with Crippen LogP contribution in [0.1, 0.15) is 26.7 Å². The standard InChI is InChI=1S/C10H20NO5P/c1-7(2)16-10(12)9-5-8(3-4-11-9)6-17(13,14)15/h7-9,11H,3-6H2,1-2H3,(H2,13,14,15)/t8-,9+/m1/s1. The first-order chi connectivity index (χ1) is 7.78. The summed E-state index contributed by atoms with van der Waals surface area (Å²) in [6.45, 7) is 4.13. The Hall–Kier alpha value is -0.420. The molecule has 0 bridgehead atoms. The van der Waals surface area contributed by atoms with Gasteiger partial charge < -0.3 is 19.8 Å². The van der Waals surface area contributed by atoms with Crippen LogP contribution in [0.15, 0.2) is 0 Å². The van der Waals surface area contributed by atoms with Gasteiger partial charge in [-0.05, 0) is 39.2 Å². The van der Waals surface area contributed by atoms with Crippen molar-refractivity contribution in [2.75, 3.05) is 12.7 Å². The molecule has 100 valence electrons. The fourth-order valence-electron chi connectivity index (χ4n) is 1.99. The Bertz CT molecular complexity index is 314. The molecule has 1 saturated heterocycles. The molecule has 0 spiro atoms. The van der Waals surface area contributed by atoms with E-state index in [2.05, 4.69) is 5.32 Å². The van der Waals surface area contributed by atoms with Crippen molar-refractivity contribution in [2.24, 2.45) is 5.92 Å². The van der Waals surface area contributed by atoms with Gasteiger partial charge in [0.25, 0.3) is 0 Å². The normalized spacial score (nSPS) is 25.9. The first-order valence-corrected chi connectivity index (χ1v) is 7.56. The van der Waals surface area contributed by atoms with E-state index >= 15 is 0 Å². The number of ether oxygens (including phenoxy) is 1. The largest absolute Gasteiger partial charge is 0.462 e. The van der Waals surface area contributed by atoms with E-state index in [1.807, 2.05) is 0 Å². The van der Waals surface area contributed by atoms with E-state index in [-0.39, 0.29) is 24.2 Å². The molecule has 1 rings (SSSR count). The SMILES string of the molecule is CC(C)OC(=O)[C@@H]1C[C@H](CP(=O)(O)O)CCN1. The molecule has 0 saturated carbocycles. The molecule has 0 radical (unpaired) electrons. The third-order valence-corrected chi connectivity index (χ3v) is 3.64. The lowest BCUT2D eigenvalue weighted by molar-refractivity contribution is -0.151. The van der Waals surface area contributed by atoms with Gasteiger partial charge in [0.05, 0.1) is 12.3 Å². The van der Waals surface area contributed by atoms with Gasteiger partial charge in [-0.2, -0.15) is 0 Å². The zero-order valence-electron chi connectivity index (χ0n) is 10.1. The van der Waals surface area contributed by atoms with Gasteiger partial charge in [0.1, 0.15) is 6.04 Å². The first kappa shape index (κ1) is 14.6. The van der Waals surface area contributed by atoms with Crippen molar-refractivity contribution in [1.29, 1.82) is 0 Å². The lowest BCUT2D eigenvalue weighted by atomic mass is 9.94. The molecule has 1 fully saturated rings. The summed E-state index contributed by atoms with van der Waals surface area (Å²) in [6.07, 6.45) is 0.777. The van der Waals surface area contributed by atoms with Crippen molar-refractivity contribution in [3.63, 3.8) is 0 Å². The molecule has 1 aliphatic rings. The molecule has 2 atom stereocenters. The Kier molecular flexibility index (Phi) is 5.13. The molecule has 3 N–H and O–H groups in total. The van der Waals surface area contributed by atoms with Gasteiger partial charge in [-0.1, -0.05) is 0 Å². The van der Waals surface area contributed by atoms with Gasteiger partial charge in [-0.15, -0.1) is 0 Å². The topological polar surface area (TPSA) is 95.9 Å². The van der Waals surface area contributed by atoms with Crippen LogP contribution in [0, 0.1) is 5.92 Å². The number of hydrogen-bond acceptors (Lipinski definition) is 4. The second-order valence-corrected chi connectivity index (χ2v) is 6.42.